The van der Waals surface area contributed by atoms with Gasteiger partial charge in [0.15, 0.2) is 11.7 Å². The van der Waals surface area contributed by atoms with Crippen molar-refractivity contribution < 1.29 is 4.79 Å². The van der Waals surface area contributed by atoms with Gasteiger partial charge in [-0.25, -0.2) is 0 Å². The Kier molecular flexibility index (Phi) is 3.42. The van der Waals surface area contributed by atoms with E-state index in [9.17, 15) is 9.59 Å². The fourth-order valence-electron chi connectivity index (χ4n) is 1.91. The van der Waals surface area contributed by atoms with Crippen LogP contribution in [0.4, 0.5) is 0 Å². The molecule has 0 radical (unpaired) electrons. The first-order valence-electron chi connectivity index (χ1n) is 5.93. The number of aldehydes is 1. The molecule has 0 atom stereocenters. The third-order valence-corrected chi connectivity index (χ3v) is 3.02. The van der Waals surface area contributed by atoms with Crippen LogP contribution in [0, 0.1) is 6.92 Å². The number of aryl methyl sites for hydroxylation is 2. The van der Waals surface area contributed by atoms with E-state index < -0.39 is 0 Å². The van der Waals surface area contributed by atoms with E-state index in [0.29, 0.717) is 6.29 Å². The Morgan fingerprint density at radius 1 is 1.22 bits per heavy atom. The van der Waals surface area contributed by atoms with Gasteiger partial charge in [0.1, 0.15) is 0 Å². The Bertz CT molecular complexity index is 624. The summed E-state index contributed by atoms with van der Waals surface area (Å²) in [7, 11) is 0. The molecule has 1 aromatic heterocycles. The fraction of sp³-hybridized carbons (Fsp3) is 0.200. The van der Waals surface area contributed by atoms with Crippen molar-refractivity contribution in [3.63, 3.8) is 0 Å². The first-order valence-corrected chi connectivity index (χ1v) is 5.93. The minimum atomic E-state index is -0.232. The van der Waals surface area contributed by atoms with Gasteiger partial charge in [0.2, 0.25) is 0 Å². The average molecular weight is 241 g/mol. The zero-order chi connectivity index (χ0) is 13.1. The highest BCUT2D eigenvalue weighted by Crippen LogP contribution is 2.12. The maximum atomic E-state index is 11.5. The van der Waals surface area contributed by atoms with Crippen LogP contribution in [0.25, 0.3) is 5.69 Å². The summed E-state index contributed by atoms with van der Waals surface area (Å²) in [5.74, 6) is 0. The molecule has 0 bridgehead atoms. The first kappa shape index (κ1) is 12.3. The van der Waals surface area contributed by atoms with Crippen LogP contribution in [-0.2, 0) is 6.42 Å². The molecule has 0 amide bonds. The van der Waals surface area contributed by atoms with Gasteiger partial charge in [-0.05, 0) is 31.0 Å². The molecule has 0 aliphatic carbocycles. The Hall–Kier alpha value is -2.16. The highest BCUT2D eigenvalue weighted by molar-refractivity contribution is 5.74. The molecule has 1 heterocycles. The molecule has 3 nitrogen and oxygen atoms in total. The van der Waals surface area contributed by atoms with Crippen molar-refractivity contribution in [2.45, 2.75) is 20.3 Å². The molecule has 0 unspecified atom stereocenters. The van der Waals surface area contributed by atoms with Gasteiger partial charge in [-0.15, -0.1) is 0 Å². The summed E-state index contributed by atoms with van der Waals surface area (Å²) in [4.78, 5) is 22.3. The summed E-state index contributed by atoms with van der Waals surface area (Å²) in [6.45, 7) is 3.95. The molecule has 18 heavy (non-hydrogen) atoms. The summed E-state index contributed by atoms with van der Waals surface area (Å²) in [5.41, 5.74) is 2.97. The van der Waals surface area contributed by atoms with Crippen LogP contribution in [0.1, 0.15) is 28.5 Å². The summed E-state index contributed by atoms with van der Waals surface area (Å²) in [5, 5.41) is 0. The SMILES string of the molecule is CCc1ccc(-n2cc(C=O)c(=O)cc2C)cc1. The van der Waals surface area contributed by atoms with Gasteiger partial charge in [-0.2, -0.15) is 0 Å². The maximum absolute atomic E-state index is 11.5. The van der Waals surface area contributed by atoms with Crippen molar-refractivity contribution in [3.8, 4) is 5.69 Å². The first-order chi connectivity index (χ1) is 8.65. The van der Waals surface area contributed by atoms with E-state index in [1.807, 2.05) is 35.8 Å². The van der Waals surface area contributed by atoms with E-state index in [4.69, 9.17) is 0 Å². The number of carbonyl (C=O) groups excluding carboxylic acids is 1. The van der Waals surface area contributed by atoms with E-state index in [1.165, 1.54) is 11.6 Å². The zero-order valence-corrected chi connectivity index (χ0v) is 10.5. The maximum Gasteiger partial charge on any atom is 0.192 e. The Balaban J connectivity index is 2.55. The summed E-state index contributed by atoms with van der Waals surface area (Å²) < 4.78 is 1.85. The van der Waals surface area contributed by atoms with Gasteiger partial charge in [-0.1, -0.05) is 19.1 Å². The van der Waals surface area contributed by atoms with Crippen LogP contribution in [0.3, 0.4) is 0 Å². The Labute approximate surface area is 106 Å². The molecular formula is C15H15NO2. The third kappa shape index (κ3) is 2.25. The lowest BCUT2D eigenvalue weighted by Gasteiger charge is -2.11. The van der Waals surface area contributed by atoms with Crippen molar-refractivity contribution in [1.29, 1.82) is 0 Å². The third-order valence-electron chi connectivity index (χ3n) is 3.02. The van der Waals surface area contributed by atoms with Crippen molar-refractivity contribution in [3.05, 3.63) is 63.6 Å². The standard InChI is InChI=1S/C15H15NO2/c1-3-12-4-6-14(7-5-12)16-9-13(10-17)15(18)8-11(16)2/h4-10H,3H2,1-2H3. The second-order valence-electron chi connectivity index (χ2n) is 4.24. The monoisotopic (exact) mass is 241 g/mol. The Morgan fingerprint density at radius 3 is 2.44 bits per heavy atom. The highest BCUT2D eigenvalue weighted by Gasteiger charge is 2.04. The van der Waals surface area contributed by atoms with Gasteiger partial charge >= 0.3 is 0 Å². The van der Waals surface area contributed by atoms with Crippen molar-refractivity contribution in [1.82, 2.24) is 4.57 Å². The predicted molar refractivity (Wildman–Crippen MR) is 71.5 cm³/mol. The van der Waals surface area contributed by atoms with Crippen LogP contribution in [-0.4, -0.2) is 10.9 Å². The number of pyridine rings is 1. The van der Waals surface area contributed by atoms with E-state index in [1.54, 1.807) is 6.20 Å². The van der Waals surface area contributed by atoms with Gasteiger partial charge in [0, 0.05) is 23.6 Å². The highest BCUT2D eigenvalue weighted by atomic mass is 16.1. The van der Waals surface area contributed by atoms with Crippen molar-refractivity contribution in [2.24, 2.45) is 0 Å². The second-order valence-corrected chi connectivity index (χ2v) is 4.24. The smallest absolute Gasteiger partial charge is 0.192 e. The van der Waals surface area contributed by atoms with Gasteiger partial charge < -0.3 is 4.57 Å². The number of nitrogens with zero attached hydrogens (tertiary/aromatic N) is 1. The van der Waals surface area contributed by atoms with E-state index in [-0.39, 0.29) is 11.0 Å². The van der Waals surface area contributed by atoms with E-state index >= 15 is 0 Å². The van der Waals surface area contributed by atoms with E-state index in [0.717, 1.165) is 17.8 Å². The molecule has 0 saturated heterocycles. The lowest BCUT2D eigenvalue weighted by Crippen LogP contribution is -2.13. The van der Waals surface area contributed by atoms with Gasteiger partial charge in [0.25, 0.3) is 0 Å². The van der Waals surface area contributed by atoms with Crippen LogP contribution in [0.5, 0.6) is 0 Å². The molecule has 2 rings (SSSR count). The van der Waals surface area contributed by atoms with E-state index in [2.05, 4.69) is 6.92 Å². The molecule has 2 aromatic rings. The van der Waals surface area contributed by atoms with Gasteiger partial charge in [-0.3, -0.25) is 9.59 Å². The zero-order valence-electron chi connectivity index (χ0n) is 10.5. The van der Waals surface area contributed by atoms with Crippen LogP contribution >= 0.6 is 0 Å². The van der Waals surface area contributed by atoms with Crippen LogP contribution in [0.15, 0.2) is 41.3 Å². The Morgan fingerprint density at radius 2 is 1.89 bits per heavy atom. The quantitative estimate of drug-likeness (QED) is 0.774. The number of hydrogen-bond acceptors (Lipinski definition) is 2. The normalized spacial score (nSPS) is 10.3. The minimum absolute atomic E-state index is 0.181. The molecule has 0 saturated carbocycles. The van der Waals surface area contributed by atoms with Crippen molar-refractivity contribution >= 4 is 6.29 Å². The van der Waals surface area contributed by atoms with Crippen molar-refractivity contribution in [2.75, 3.05) is 0 Å². The average Bonchev–Trinajstić information content (AvgIpc) is 2.39. The predicted octanol–water partition coefficient (Wildman–Crippen LogP) is 2.52. The van der Waals surface area contributed by atoms with Crippen LogP contribution < -0.4 is 5.43 Å². The number of hydrogen-bond donors (Lipinski definition) is 0. The molecule has 0 aliphatic heterocycles. The summed E-state index contributed by atoms with van der Waals surface area (Å²) in [6.07, 6.45) is 3.17. The summed E-state index contributed by atoms with van der Waals surface area (Å²) in [6, 6.07) is 9.56. The van der Waals surface area contributed by atoms with Gasteiger partial charge in [0.05, 0.1) is 5.56 Å². The lowest BCUT2D eigenvalue weighted by molar-refractivity contribution is 0.112. The topological polar surface area (TPSA) is 39.1 Å². The molecule has 0 N–H and O–H groups in total. The molecule has 3 heteroatoms. The van der Waals surface area contributed by atoms with Crippen LogP contribution in [0.2, 0.25) is 0 Å². The second kappa shape index (κ2) is 5.00. The lowest BCUT2D eigenvalue weighted by atomic mass is 10.1. The number of aromatic nitrogens is 1. The molecule has 92 valence electrons. The summed E-state index contributed by atoms with van der Waals surface area (Å²) >= 11 is 0. The minimum Gasteiger partial charge on any atom is -0.320 e. The largest absolute Gasteiger partial charge is 0.320 e. The number of carbonyl (C=O) groups is 1. The molecule has 0 fully saturated rings. The molecule has 0 spiro atoms. The molecular weight excluding hydrogens is 226 g/mol. The number of rotatable bonds is 3. The number of benzene rings is 1. The fourth-order valence-corrected chi connectivity index (χ4v) is 1.91. The molecule has 0 aliphatic rings. The molecule has 1 aromatic carbocycles.